The number of hydrogen-bond donors (Lipinski definition) is 7. The van der Waals surface area contributed by atoms with Crippen LogP contribution in [0.1, 0.15) is 20.8 Å². The van der Waals surface area contributed by atoms with Crippen molar-refractivity contribution in [2.75, 3.05) is 11.9 Å². The number of carbonyl (C=O) groups excluding carboxylic acids is 1. The fraction of sp³-hybridized carbons (Fsp3) is 0.429. The van der Waals surface area contributed by atoms with E-state index in [-0.39, 0.29) is 23.6 Å². The van der Waals surface area contributed by atoms with Crippen LogP contribution >= 0.6 is 0 Å². The molecule has 0 spiro atoms. The van der Waals surface area contributed by atoms with E-state index in [2.05, 4.69) is 10.6 Å². The van der Waals surface area contributed by atoms with Gasteiger partial charge in [-0.05, 0) is 26.8 Å². The van der Waals surface area contributed by atoms with Crippen molar-refractivity contribution in [3.63, 3.8) is 0 Å². The zero-order chi connectivity index (χ0) is 20.1. The molecule has 0 heterocycles. The molecule has 3 atom stereocenters. The Kier molecular flexibility index (Phi) is 7.26. The second-order valence-electron chi connectivity index (χ2n) is 6.29. The Morgan fingerprint density at radius 3 is 2.31 bits per heavy atom. The average Bonchev–Trinajstić information content (AvgIpc) is 2.48. The summed E-state index contributed by atoms with van der Waals surface area (Å²) in [6.07, 6.45) is -0.939. The van der Waals surface area contributed by atoms with Gasteiger partial charge in [0.2, 0.25) is 0 Å². The highest BCUT2D eigenvalue weighted by atomic mass is 16.8. The van der Waals surface area contributed by atoms with Crippen LogP contribution in [-0.4, -0.2) is 45.8 Å². The van der Waals surface area contributed by atoms with Gasteiger partial charge in [0, 0.05) is 12.6 Å². The maximum absolute atomic E-state index is 11.7. The number of alkyl carbamates (subject to hydrolysis) is 1. The number of benzene rings is 1. The van der Waals surface area contributed by atoms with E-state index in [0.29, 0.717) is 0 Å². The molecule has 0 aliphatic heterocycles. The van der Waals surface area contributed by atoms with Crippen molar-refractivity contribution >= 4 is 29.1 Å². The molecule has 1 rings (SSSR count). The molecule has 7 N–H and O–H groups in total. The van der Waals surface area contributed by atoms with Crippen molar-refractivity contribution in [1.29, 1.82) is 0 Å². The third kappa shape index (κ3) is 6.79. The van der Waals surface area contributed by atoms with Crippen molar-refractivity contribution in [2.24, 2.45) is 0 Å². The number of ether oxygens (including phenoxy) is 1. The van der Waals surface area contributed by atoms with Crippen LogP contribution in [0.25, 0.3) is 0 Å². The van der Waals surface area contributed by atoms with E-state index >= 15 is 0 Å². The third-order valence-corrected chi connectivity index (χ3v) is 2.98. The Bertz CT molecular complexity index is 644. The van der Waals surface area contributed by atoms with Gasteiger partial charge < -0.3 is 30.9 Å². The van der Waals surface area contributed by atoms with E-state index < -0.39 is 34.2 Å². The van der Waals surface area contributed by atoms with Gasteiger partial charge >= 0.3 is 12.1 Å². The van der Waals surface area contributed by atoms with E-state index in [9.17, 15) is 30.3 Å². The second-order valence-corrected chi connectivity index (χ2v) is 6.29. The Balaban J connectivity index is 2.86. The van der Waals surface area contributed by atoms with Gasteiger partial charge in [-0.1, -0.05) is 0 Å². The highest BCUT2D eigenvalue weighted by Gasteiger charge is 2.24. The predicted molar refractivity (Wildman–Crippen MR) is 87.3 cm³/mol. The molecule has 0 aliphatic carbocycles. The van der Waals surface area contributed by atoms with E-state index in [1.807, 2.05) is 0 Å². The lowest BCUT2D eigenvalue weighted by Gasteiger charge is -2.23. The maximum atomic E-state index is 11.7. The smallest absolute Gasteiger partial charge is 0.408 e. The number of anilines is 1. The monoisotopic (exact) mass is 374 g/mol. The summed E-state index contributed by atoms with van der Waals surface area (Å²) < 4.78 is 4.97. The first-order valence-corrected chi connectivity index (χ1v) is 7.47. The molecule has 1 amide bonds. The van der Waals surface area contributed by atoms with Crippen LogP contribution < -0.4 is 21.1 Å². The molecule has 0 radical (unpaired) electrons. The van der Waals surface area contributed by atoms with Gasteiger partial charge in [0.05, 0.1) is 6.07 Å². The fourth-order valence-corrected chi connectivity index (χ4v) is 1.87. The minimum Gasteiger partial charge on any atom is -0.595 e. The molecule has 0 saturated carbocycles. The zero-order valence-corrected chi connectivity index (χ0v) is 14.4. The first kappa shape index (κ1) is 21.6. The number of carboxylic acid groups (broad SMARTS) is 1. The number of amides is 1. The molecular formula is C14H22N4O8. The standard InChI is InChI=1S/C14H22N4O8/c1-14(2,3)26-13(21)16-10(12(19)20)7-15-9-5-4-8(17(22)23)6-11(9)18(24)25/h4-6,10,15,17-18,22,24H,7H2,1-3H3,(H,16,21)(H,19,20)/t10-/m0/s1. The van der Waals surface area contributed by atoms with Gasteiger partial charge in [-0.3, -0.25) is 0 Å². The lowest BCUT2D eigenvalue weighted by molar-refractivity contribution is -0.996. The van der Waals surface area contributed by atoms with Gasteiger partial charge in [-0.2, -0.15) is 10.5 Å². The van der Waals surface area contributed by atoms with E-state index in [4.69, 9.17) is 9.94 Å². The summed E-state index contributed by atoms with van der Waals surface area (Å²) in [5.74, 6) is -1.36. The second kappa shape index (κ2) is 8.75. The normalized spacial score (nSPS) is 14.9. The van der Waals surface area contributed by atoms with Crippen molar-refractivity contribution < 1.29 is 40.3 Å². The van der Waals surface area contributed by atoms with E-state index in [1.165, 1.54) is 12.1 Å². The van der Waals surface area contributed by atoms with Crippen LogP contribution in [-0.2, 0) is 9.53 Å². The van der Waals surface area contributed by atoms with Crippen molar-refractivity contribution in [1.82, 2.24) is 5.32 Å². The van der Waals surface area contributed by atoms with Gasteiger partial charge in [0.1, 0.15) is 17.3 Å². The minimum absolute atomic E-state index is 0.0136. The third-order valence-electron chi connectivity index (χ3n) is 2.98. The first-order valence-electron chi connectivity index (χ1n) is 7.47. The molecule has 0 aromatic heterocycles. The number of carboxylic acids is 1. The topological polar surface area (TPSA) is 183 Å². The zero-order valence-electron chi connectivity index (χ0n) is 14.4. The number of carbonyl (C=O) groups is 2. The van der Waals surface area contributed by atoms with Crippen LogP contribution in [0.2, 0.25) is 0 Å². The summed E-state index contributed by atoms with van der Waals surface area (Å²) in [6, 6.07) is 1.93. The van der Waals surface area contributed by atoms with Gasteiger partial charge in [0.25, 0.3) is 0 Å². The Morgan fingerprint density at radius 2 is 1.85 bits per heavy atom. The predicted octanol–water partition coefficient (Wildman–Crippen LogP) is -1.12. The van der Waals surface area contributed by atoms with Crippen molar-refractivity contribution in [3.05, 3.63) is 28.6 Å². The van der Waals surface area contributed by atoms with Crippen LogP contribution in [0, 0.1) is 10.4 Å². The molecule has 12 heteroatoms. The highest BCUT2D eigenvalue weighted by molar-refractivity contribution is 5.81. The summed E-state index contributed by atoms with van der Waals surface area (Å²) in [6.45, 7) is 4.50. The summed E-state index contributed by atoms with van der Waals surface area (Å²) in [5, 5.41) is 51.5. The van der Waals surface area contributed by atoms with Crippen molar-refractivity contribution in [2.45, 2.75) is 32.4 Å². The van der Waals surface area contributed by atoms with Crippen LogP contribution in [0.5, 0.6) is 0 Å². The summed E-state index contributed by atoms with van der Waals surface area (Å²) in [4.78, 5) is 23.0. The van der Waals surface area contributed by atoms with E-state index in [0.717, 1.165) is 6.07 Å². The SMILES string of the molecule is CC(C)(C)OC(=O)N[C@@H](CNc1ccc([NH+]([O-])O)cc1[NH+]([O-])O)C(=O)O. The van der Waals surface area contributed by atoms with Gasteiger partial charge in [0.15, 0.2) is 11.4 Å². The van der Waals surface area contributed by atoms with Crippen LogP contribution in [0.4, 0.5) is 21.9 Å². The average molecular weight is 374 g/mol. The Hall–Kier alpha value is -2.48. The molecule has 2 unspecified atom stereocenters. The van der Waals surface area contributed by atoms with Crippen LogP contribution in [0.3, 0.4) is 0 Å². The Morgan fingerprint density at radius 1 is 1.23 bits per heavy atom. The summed E-state index contributed by atoms with van der Waals surface area (Å²) in [7, 11) is 0. The molecule has 146 valence electrons. The minimum atomic E-state index is -1.40. The lowest BCUT2D eigenvalue weighted by Crippen LogP contribution is -3.00. The van der Waals surface area contributed by atoms with E-state index in [1.54, 1.807) is 20.8 Å². The fourth-order valence-electron chi connectivity index (χ4n) is 1.87. The molecule has 1 aromatic carbocycles. The van der Waals surface area contributed by atoms with Crippen molar-refractivity contribution in [3.8, 4) is 0 Å². The Labute approximate surface area is 148 Å². The molecule has 0 fully saturated rings. The lowest BCUT2D eigenvalue weighted by atomic mass is 10.2. The molecule has 26 heavy (non-hydrogen) atoms. The van der Waals surface area contributed by atoms with Gasteiger partial charge in [-0.15, -0.1) is 0 Å². The van der Waals surface area contributed by atoms with Crippen LogP contribution in [0.15, 0.2) is 18.2 Å². The molecule has 0 saturated heterocycles. The number of rotatable bonds is 7. The number of nitrogens with one attached hydrogen (secondary N) is 4. The quantitative estimate of drug-likeness (QED) is 0.291. The first-order chi connectivity index (χ1) is 11.9. The molecule has 0 bridgehead atoms. The largest absolute Gasteiger partial charge is 0.595 e. The molecule has 12 nitrogen and oxygen atoms in total. The van der Waals surface area contributed by atoms with Gasteiger partial charge in [-0.25, -0.2) is 20.0 Å². The molecular weight excluding hydrogens is 352 g/mol. The number of aliphatic carboxylic acids is 1. The number of quaternary nitrogens is 2. The summed E-state index contributed by atoms with van der Waals surface area (Å²) >= 11 is 0. The maximum Gasteiger partial charge on any atom is 0.408 e. The molecule has 1 aromatic rings. The molecule has 0 aliphatic rings. The summed E-state index contributed by atoms with van der Waals surface area (Å²) in [5.41, 5.74) is -1.37. The highest BCUT2D eigenvalue weighted by Crippen LogP contribution is 2.20. The number of hydrogen-bond acceptors (Lipinski definition) is 8.